The van der Waals surface area contributed by atoms with Gasteiger partial charge in [0.1, 0.15) is 5.56 Å². The highest BCUT2D eigenvalue weighted by Gasteiger charge is 2.29. The van der Waals surface area contributed by atoms with E-state index in [1.54, 1.807) is 0 Å². The van der Waals surface area contributed by atoms with Gasteiger partial charge in [-0.1, -0.05) is 73.6 Å². The van der Waals surface area contributed by atoms with Crippen molar-refractivity contribution in [1.82, 2.24) is 24.6 Å². The molecule has 7 nitrogen and oxygen atoms in total. The van der Waals surface area contributed by atoms with Gasteiger partial charge < -0.3 is 9.88 Å². The molecule has 3 aliphatic rings. The van der Waals surface area contributed by atoms with Crippen molar-refractivity contribution in [1.29, 1.82) is 0 Å². The van der Waals surface area contributed by atoms with Crippen LogP contribution in [0.3, 0.4) is 0 Å². The largest absolute Gasteiger partial charge is 0.351 e. The molecule has 0 aromatic heterocycles. The Morgan fingerprint density at radius 1 is 1.06 bits per heavy atom. The Bertz CT molecular complexity index is 1330. The number of hydrogen-bond donors (Lipinski definition) is 1. The Morgan fingerprint density at radius 3 is 2.54 bits per heavy atom. The molecule has 0 saturated carbocycles. The van der Waals surface area contributed by atoms with Crippen LogP contribution in [0.4, 0.5) is 0 Å². The minimum absolute atomic E-state index is 0.00875. The molecule has 0 fully saturated rings. The van der Waals surface area contributed by atoms with Crippen LogP contribution in [-0.2, 0) is 24.3 Å². The van der Waals surface area contributed by atoms with Gasteiger partial charge in [-0.2, -0.15) is 4.68 Å². The van der Waals surface area contributed by atoms with E-state index in [1.807, 2.05) is 67.6 Å². The number of hydrogen-bond acceptors (Lipinski definition) is 5. The summed E-state index contributed by atoms with van der Waals surface area (Å²) in [6.07, 6.45) is 4.62. The van der Waals surface area contributed by atoms with Crippen LogP contribution in [0.5, 0.6) is 0 Å². The summed E-state index contributed by atoms with van der Waals surface area (Å²) in [6, 6.07) is 19.4. The fourth-order valence-electron chi connectivity index (χ4n) is 4.54. The fourth-order valence-corrected chi connectivity index (χ4v) is 5.62. The van der Waals surface area contributed by atoms with Gasteiger partial charge in [0, 0.05) is 18.8 Å². The number of rotatable bonds is 7. The number of carbonyl (C=O) groups excluding carboxylic acids is 1. The number of thioether (sulfide) groups is 1. The zero-order valence-corrected chi connectivity index (χ0v) is 20.6. The molecule has 2 aromatic carbocycles. The normalized spacial score (nSPS) is 14.3. The summed E-state index contributed by atoms with van der Waals surface area (Å²) >= 11 is 1.47. The Kier molecular flexibility index (Phi) is 6.99. The third-order valence-electron chi connectivity index (χ3n) is 6.39. The standard InChI is InChI=1S/C27H29N5O2S/c1-2-22(25(33)28-18-19-12-6-3-7-13-19)35-27-29-24-23(21-16-10-5-11-17-31(21)27)26(34)32(30-24)20-14-8-4-9-15-20/h3-4,6-9,12-15,22H,2,5,10-11,16-18H2,1H3,(H,28,33). The van der Waals surface area contributed by atoms with Gasteiger partial charge in [0.15, 0.2) is 11.0 Å². The van der Waals surface area contributed by atoms with E-state index >= 15 is 0 Å². The zero-order valence-electron chi connectivity index (χ0n) is 19.8. The van der Waals surface area contributed by atoms with Gasteiger partial charge >= 0.3 is 0 Å². The van der Waals surface area contributed by atoms with Gasteiger partial charge in [0.2, 0.25) is 5.91 Å². The maximum absolute atomic E-state index is 13.4. The summed E-state index contributed by atoms with van der Waals surface area (Å²) in [5.74, 6) is 0.444. The third-order valence-corrected chi connectivity index (χ3v) is 7.74. The van der Waals surface area contributed by atoms with E-state index in [1.165, 1.54) is 16.4 Å². The predicted octanol–water partition coefficient (Wildman–Crippen LogP) is 4.45. The SMILES string of the molecule is CCC(Sc1nc2nn(-c3ccccc3)c(=O)c-2c2n1CCCCC2)C(=O)NCc1ccccc1. The quantitative estimate of drug-likeness (QED) is 0.308. The summed E-state index contributed by atoms with van der Waals surface area (Å²) in [7, 11) is 0. The van der Waals surface area contributed by atoms with E-state index in [4.69, 9.17) is 4.98 Å². The molecule has 1 unspecified atom stereocenters. The molecular weight excluding hydrogens is 458 g/mol. The number of nitrogens with one attached hydrogen (secondary N) is 1. The lowest BCUT2D eigenvalue weighted by Crippen LogP contribution is -2.32. The highest BCUT2D eigenvalue weighted by atomic mass is 32.2. The molecule has 2 aromatic rings. The van der Waals surface area contributed by atoms with Gasteiger partial charge in [-0.3, -0.25) is 9.59 Å². The summed E-state index contributed by atoms with van der Waals surface area (Å²) in [5.41, 5.74) is 3.25. The first kappa shape index (κ1) is 23.4. The van der Waals surface area contributed by atoms with Crippen LogP contribution in [-0.4, -0.2) is 30.5 Å². The van der Waals surface area contributed by atoms with Crippen molar-refractivity contribution < 1.29 is 4.79 Å². The average molecular weight is 488 g/mol. The molecule has 180 valence electrons. The Balaban J connectivity index is 1.49. The van der Waals surface area contributed by atoms with E-state index in [2.05, 4.69) is 15.0 Å². The first-order chi connectivity index (χ1) is 17.2. The van der Waals surface area contributed by atoms with Crippen molar-refractivity contribution in [2.45, 2.75) is 62.5 Å². The number of nitrogens with zero attached hydrogens (tertiary/aromatic N) is 4. The van der Waals surface area contributed by atoms with Crippen LogP contribution >= 0.6 is 11.8 Å². The Morgan fingerprint density at radius 2 is 1.80 bits per heavy atom. The van der Waals surface area contributed by atoms with Crippen molar-refractivity contribution in [2.75, 3.05) is 0 Å². The van der Waals surface area contributed by atoms with Gasteiger partial charge in [-0.05, 0) is 43.4 Å². The van der Waals surface area contributed by atoms with Crippen molar-refractivity contribution in [2.24, 2.45) is 0 Å². The van der Waals surface area contributed by atoms with E-state index < -0.39 is 0 Å². The summed E-state index contributed by atoms with van der Waals surface area (Å²) in [5, 5.41) is 8.14. The smallest absolute Gasteiger partial charge is 0.284 e. The van der Waals surface area contributed by atoms with Crippen LogP contribution < -0.4 is 10.9 Å². The van der Waals surface area contributed by atoms with Crippen LogP contribution in [0.1, 0.15) is 43.9 Å². The molecule has 8 heteroatoms. The topological polar surface area (TPSA) is 81.8 Å². The lowest BCUT2D eigenvalue weighted by atomic mass is 10.1. The summed E-state index contributed by atoms with van der Waals surface area (Å²) in [6.45, 7) is 3.30. The van der Waals surface area contributed by atoms with E-state index in [0.29, 0.717) is 24.4 Å². The molecule has 3 aliphatic heterocycles. The van der Waals surface area contributed by atoms with Crippen LogP contribution in [0.2, 0.25) is 0 Å². The predicted molar refractivity (Wildman–Crippen MR) is 138 cm³/mol. The lowest BCUT2D eigenvalue weighted by Gasteiger charge is -2.21. The number of fused-ring (bicyclic) bond motifs is 3. The number of amides is 1. The molecule has 3 heterocycles. The van der Waals surface area contributed by atoms with Crippen molar-refractivity contribution in [3.8, 4) is 17.1 Å². The maximum Gasteiger partial charge on any atom is 0.284 e. The highest BCUT2D eigenvalue weighted by molar-refractivity contribution is 8.00. The molecule has 5 rings (SSSR count). The molecule has 1 N–H and O–H groups in total. The third kappa shape index (κ3) is 4.89. The van der Waals surface area contributed by atoms with E-state index in [0.717, 1.165) is 54.3 Å². The molecule has 0 bridgehead atoms. The van der Waals surface area contributed by atoms with Crippen LogP contribution in [0.25, 0.3) is 17.1 Å². The molecular formula is C27H29N5O2S. The lowest BCUT2D eigenvalue weighted by molar-refractivity contribution is -0.120. The number of carbonyl (C=O) groups is 1. The molecule has 0 saturated heterocycles. The van der Waals surface area contributed by atoms with Gasteiger partial charge in [0.05, 0.1) is 10.9 Å². The molecule has 0 spiro atoms. The van der Waals surface area contributed by atoms with Crippen molar-refractivity contribution in [3.63, 3.8) is 0 Å². The van der Waals surface area contributed by atoms with Gasteiger partial charge in [-0.25, -0.2) is 4.98 Å². The number of benzene rings is 2. The molecule has 0 radical (unpaired) electrons. The molecule has 1 amide bonds. The minimum atomic E-state index is -0.286. The summed E-state index contributed by atoms with van der Waals surface area (Å²) < 4.78 is 3.60. The first-order valence-corrected chi connectivity index (χ1v) is 13.1. The van der Waals surface area contributed by atoms with Gasteiger partial charge in [0.25, 0.3) is 5.56 Å². The second-order valence-electron chi connectivity index (χ2n) is 8.77. The fraction of sp³-hybridized carbons (Fsp3) is 0.333. The average Bonchev–Trinajstić information content (AvgIpc) is 3.05. The minimum Gasteiger partial charge on any atom is -0.351 e. The van der Waals surface area contributed by atoms with Gasteiger partial charge in [-0.15, -0.1) is 5.10 Å². The summed E-state index contributed by atoms with van der Waals surface area (Å²) in [4.78, 5) is 31.3. The zero-order chi connectivity index (χ0) is 24.2. The Labute approximate surface area is 208 Å². The highest BCUT2D eigenvalue weighted by Crippen LogP contribution is 2.33. The second kappa shape index (κ2) is 10.5. The second-order valence-corrected chi connectivity index (χ2v) is 9.94. The van der Waals surface area contributed by atoms with Crippen LogP contribution in [0, 0.1) is 0 Å². The maximum atomic E-state index is 13.4. The van der Waals surface area contributed by atoms with Crippen LogP contribution in [0.15, 0.2) is 70.6 Å². The first-order valence-electron chi connectivity index (χ1n) is 12.2. The van der Waals surface area contributed by atoms with Crippen molar-refractivity contribution >= 4 is 17.7 Å². The molecule has 35 heavy (non-hydrogen) atoms. The Hall–Kier alpha value is -3.39. The monoisotopic (exact) mass is 487 g/mol. The molecule has 0 aliphatic carbocycles. The van der Waals surface area contributed by atoms with E-state index in [9.17, 15) is 9.59 Å². The molecule has 1 atom stereocenters. The number of para-hydroxylation sites is 1. The number of aromatic nitrogens is 4. The van der Waals surface area contributed by atoms with Crippen molar-refractivity contribution in [3.05, 3.63) is 82.3 Å². The van der Waals surface area contributed by atoms with E-state index in [-0.39, 0.29) is 16.7 Å².